The van der Waals surface area contributed by atoms with Gasteiger partial charge in [-0.3, -0.25) is 9.59 Å². The van der Waals surface area contributed by atoms with E-state index in [1.165, 1.54) is 13.3 Å². The maximum Gasteiger partial charge on any atom is 0.304 e. The van der Waals surface area contributed by atoms with Crippen LogP contribution in [0.4, 0.5) is 0 Å². The minimum Gasteiger partial charge on any atom is -0.481 e. The summed E-state index contributed by atoms with van der Waals surface area (Å²) in [6.07, 6.45) is 1.47. The summed E-state index contributed by atoms with van der Waals surface area (Å²) in [7, 11) is 1.44. The van der Waals surface area contributed by atoms with Gasteiger partial charge in [-0.15, -0.1) is 0 Å². The zero-order valence-electron chi connectivity index (χ0n) is 12.7. The van der Waals surface area contributed by atoms with Crippen molar-refractivity contribution in [3.63, 3.8) is 0 Å². The molecule has 0 aliphatic carbocycles. The van der Waals surface area contributed by atoms with E-state index in [-0.39, 0.29) is 30.7 Å². The highest BCUT2D eigenvalue weighted by Crippen LogP contribution is 2.19. The van der Waals surface area contributed by atoms with E-state index in [4.69, 9.17) is 9.84 Å². The van der Waals surface area contributed by atoms with Crippen LogP contribution in [0.15, 0.2) is 48.7 Å². The molecule has 0 saturated heterocycles. The fourth-order valence-electron chi connectivity index (χ4n) is 2.28. The molecule has 0 saturated carbocycles. The SMILES string of the molecule is COc1ncccc1C(=O)NC[C@@H](CC(=O)O)c1ccccc1. The number of hydrogen-bond acceptors (Lipinski definition) is 4. The van der Waals surface area contributed by atoms with Gasteiger partial charge in [0, 0.05) is 18.7 Å². The third-order valence-electron chi connectivity index (χ3n) is 3.41. The first-order valence-corrected chi connectivity index (χ1v) is 7.15. The molecule has 0 radical (unpaired) electrons. The smallest absolute Gasteiger partial charge is 0.304 e. The van der Waals surface area contributed by atoms with Crippen molar-refractivity contribution in [3.05, 3.63) is 59.8 Å². The van der Waals surface area contributed by atoms with Crippen molar-refractivity contribution in [2.45, 2.75) is 12.3 Å². The van der Waals surface area contributed by atoms with Crippen molar-refractivity contribution in [1.29, 1.82) is 0 Å². The van der Waals surface area contributed by atoms with Gasteiger partial charge >= 0.3 is 5.97 Å². The molecule has 0 fully saturated rings. The second-order valence-corrected chi connectivity index (χ2v) is 4.98. The van der Waals surface area contributed by atoms with Crippen LogP contribution in [-0.4, -0.2) is 35.6 Å². The predicted molar refractivity (Wildman–Crippen MR) is 84.6 cm³/mol. The Kier molecular flexibility index (Phi) is 5.68. The number of rotatable bonds is 7. The first-order chi connectivity index (χ1) is 11.1. The zero-order valence-corrected chi connectivity index (χ0v) is 12.7. The summed E-state index contributed by atoms with van der Waals surface area (Å²) in [4.78, 5) is 27.3. The van der Waals surface area contributed by atoms with Gasteiger partial charge in [0.2, 0.25) is 5.88 Å². The number of nitrogens with zero attached hydrogens (tertiary/aromatic N) is 1. The number of pyridine rings is 1. The van der Waals surface area contributed by atoms with Gasteiger partial charge in [-0.1, -0.05) is 30.3 Å². The highest BCUT2D eigenvalue weighted by atomic mass is 16.5. The number of carbonyl (C=O) groups is 2. The van der Waals surface area contributed by atoms with Gasteiger partial charge in [0.1, 0.15) is 5.56 Å². The number of aliphatic carboxylic acids is 1. The van der Waals surface area contributed by atoms with E-state index in [9.17, 15) is 9.59 Å². The Balaban J connectivity index is 2.09. The minimum absolute atomic E-state index is 0.0610. The van der Waals surface area contributed by atoms with E-state index in [1.807, 2.05) is 30.3 Å². The van der Waals surface area contributed by atoms with Crippen LogP contribution < -0.4 is 10.1 Å². The summed E-state index contributed by atoms with van der Waals surface area (Å²) in [6.45, 7) is 0.215. The van der Waals surface area contributed by atoms with Crippen LogP contribution in [-0.2, 0) is 4.79 Å². The Morgan fingerprint density at radius 3 is 2.61 bits per heavy atom. The quantitative estimate of drug-likeness (QED) is 0.817. The Hall–Kier alpha value is -2.89. The number of carbonyl (C=O) groups excluding carboxylic acids is 1. The fourth-order valence-corrected chi connectivity index (χ4v) is 2.28. The number of ether oxygens (including phenoxy) is 1. The van der Waals surface area contributed by atoms with Gasteiger partial charge in [-0.05, 0) is 17.7 Å². The van der Waals surface area contributed by atoms with Crippen molar-refractivity contribution < 1.29 is 19.4 Å². The van der Waals surface area contributed by atoms with Crippen molar-refractivity contribution in [1.82, 2.24) is 10.3 Å². The predicted octanol–water partition coefficient (Wildman–Crippen LogP) is 2.08. The summed E-state index contributed by atoms with van der Waals surface area (Å²) in [6, 6.07) is 12.5. The van der Waals surface area contributed by atoms with E-state index >= 15 is 0 Å². The van der Waals surface area contributed by atoms with Crippen LogP contribution in [0.5, 0.6) is 5.88 Å². The Morgan fingerprint density at radius 2 is 1.96 bits per heavy atom. The standard InChI is InChI=1S/C17H18N2O4/c1-23-17-14(8-5-9-18-17)16(22)19-11-13(10-15(20)21)12-6-3-2-4-7-12/h2-9,13H,10-11H2,1H3,(H,19,22)(H,20,21)/t13-/m1/s1. The van der Waals surface area contributed by atoms with Gasteiger partial charge in [-0.2, -0.15) is 0 Å². The lowest BCUT2D eigenvalue weighted by molar-refractivity contribution is -0.137. The lowest BCUT2D eigenvalue weighted by Crippen LogP contribution is -2.29. The van der Waals surface area contributed by atoms with Crippen molar-refractivity contribution in [2.24, 2.45) is 0 Å². The monoisotopic (exact) mass is 314 g/mol. The first-order valence-electron chi connectivity index (χ1n) is 7.15. The highest BCUT2D eigenvalue weighted by Gasteiger charge is 2.18. The topological polar surface area (TPSA) is 88.5 Å². The number of benzene rings is 1. The van der Waals surface area contributed by atoms with Crippen molar-refractivity contribution in [3.8, 4) is 5.88 Å². The number of carboxylic acids is 1. The van der Waals surface area contributed by atoms with Crippen LogP contribution in [0.1, 0.15) is 28.3 Å². The Morgan fingerprint density at radius 1 is 1.22 bits per heavy atom. The lowest BCUT2D eigenvalue weighted by atomic mass is 9.95. The molecule has 1 aromatic heterocycles. The van der Waals surface area contributed by atoms with Crippen molar-refractivity contribution >= 4 is 11.9 Å². The van der Waals surface area contributed by atoms with Crippen LogP contribution in [0.3, 0.4) is 0 Å². The molecule has 2 aromatic rings. The molecule has 6 nitrogen and oxygen atoms in total. The summed E-state index contributed by atoms with van der Waals surface area (Å²) < 4.78 is 5.06. The molecule has 1 atom stereocenters. The average Bonchev–Trinajstić information content (AvgIpc) is 2.58. The molecule has 1 aromatic carbocycles. The molecule has 0 spiro atoms. The summed E-state index contributed by atoms with van der Waals surface area (Å²) in [5.41, 5.74) is 1.19. The molecule has 0 aliphatic rings. The average molecular weight is 314 g/mol. The minimum atomic E-state index is -0.910. The van der Waals surface area contributed by atoms with Crippen LogP contribution in [0, 0.1) is 0 Å². The molecule has 0 bridgehead atoms. The van der Waals surface area contributed by atoms with E-state index in [1.54, 1.807) is 12.1 Å². The molecule has 2 rings (SSSR count). The van der Waals surface area contributed by atoms with Gasteiger partial charge < -0.3 is 15.2 Å². The molecule has 1 amide bonds. The zero-order chi connectivity index (χ0) is 16.7. The van der Waals surface area contributed by atoms with Gasteiger partial charge in [0.25, 0.3) is 5.91 Å². The molecular weight excluding hydrogens is 296 g/mol. The molecule has 1 heterocycles. The molecule has 23 heavy (non-hydrogen) atoms. The van der Waals surface area contributed by atoms with Gasteiger partial charge in [0.15, 0.2) is 0 Å². The van der Waals surface area contributed by atoms with Crippen LogP contribution >= 0.6 is 0 Å². The molecule has 6 heteroatoms. The number of carboxylic acid groups (broad SMARTS) is 1. The van der Waals surface area contributed by atoms with E-state index < -0.39 is 5.97 Å². The van der Waals surface area contributed by atoms with Crippen molar-refractivity contribution in [2.75, 3.05) is 13.7 Å². The fraction of sp³-hybridized carbons (Fsp3) is 0.235. The van der Waals surface area contributed by atoms with Crippen LogP contribution in [0.25, 0.3) is 0 Å². The first kappa shape index (κ1) is 16.5. The number of methoxy groups -OCH3 is 1. The number of hydrogen-bond donors (Lipinski definition) is 2. The number of aromatic nitrogens is 1. The lowest BCUT2D eigenvalue weighted by Gasteiger charge is -2.16. The molecule has 0 unspecified atom stereocenters. The molecule has 0 aliphatic heterocycles. The second-order valence-electron chi connectivity index (χ2n) is 4.98. The van der Waals surface area contributed by atoms with Gasteiger partial charge in [0.05, 0.1) is 13.5 Å². The molecular formula is C17H18N2O4. The normalized spacial score (nSPS) is 11.5. The van der Waals surface area contributed by atoms with E-state index in [2.05, 4.69) is 10.3 Å². The van der Waals surface area contributed by atoms with E-state index in [0.717, 1.165) is 5.56 Å². The summed E-state index contributed by atoms with van der Waals surface area (Å²) >= 11 is 0. The molecule has 2 N–H and O–H groups in total. The van der Waals surface area contributed by atoms with Gasteiger partial charge in [-0.25, -0.2) is 4.98 Å². The summed E-state index contributed by atoms with van der Waals surface area (Å²) in [5.74, 6) is -1.33. The largest absolute Gasteiger partial charge is 0.481 e. The number of amides is 1. The highest BCUT2D eigenvalue weighted by molar-refractivity contribution is 5.96. The number of nitrogens with one attached hydrogen (secondary N) is 1. The Bertz CT molecular complexity index is 673. The maximum absolute atomic E-state index is 12.3. The van der Waals surface area contributed by atoms with Crippen LogP contribution in [0.2, 0.25) is 0 Å². The van der Waals surface area contributed by atoms with E-state index in [0.29, 0.717) is 5.56 Å². The second kappa shape index (κ2) is 7.93. The Labute approximate surface area is 134 Å². The third-order valence-corrected chi connectivity index (χ3v) is 3.41. The molecule has 120 valence electrons. The summed E-state index contributed by atoms with van der Waals surface area (Å²) in [5, 5.41) is 11.8. The third kappa shape index (κ3) is 4.54. The maximum atomic E-state index is 12.3.